The van der Waals surface area contributed by atoms with Crippen LogP contribution in [0.15, 0.2) is 29.0 Å². The van der Waals surface area contributed by atoms with Crippen molar-refractivity contribution in [3.63, 3.8) is 0 Å². The van der Waals surface area contributed by atoms with Gasteiger partial charge < -0.3 is 15.6 Å². The molecule has 0 saturated carbocycles. The number of nitrogens with two attached hydrogens (primary N) is 1. The fourth-order valence-electron chi connectivity index (χ4n) is 1.22. The van der Waals surface area contributed by atoms with E-state index in [0.29, 0.717) is 29.4 Å². The van der Waals surface area contributed by atoms with Crippen LogP contribution in [0.3, 0.4) is 0 Å². The first-order chi connectivity index (χ1) is 7.81. The number of rotatable bonds is 3. The van der Waals surface area contributed by atoms with Crippen LogP contribution in [0.4, 0.5) is 11.5 Å². The number of nitriles is 1. The van der Waals surface area contributed by atoms with E-state index in [1.165, 1.54) is 6.20 Å². The van der Waals surface area contributed by atoms with Crippen LogP contribution in [0, 0.1) is 11.3 Å². The highest BCUT2D eigenvalue weighted by Crippen LogP contribution is 2.19. The van der Waals surface area contributed by atoms with Gasteiger partial charge in [-0.15, -0.1) is 0 Å². The number of hydrogen-bond donors (Lipinski definition) is 2. The third-order valence-electron chi connectivity index (χ3n) is 2.03. The lowest BCUT2D eigenvalue weighted by atomic mass is 10.2. The molecule has 0 unspecified atom stereocenters. The molecule has 6 nitrogen and oxygen atoms in total. The molecule has 0 aliphatic carbocycles. The highest BCUT2D eigenvalue weighted by atomic mass is 16.5. The van der Waals surface area contributed by atoms with Crippen molar-refractivity contribution in [1.82, 2.24) is 10.1 Å². The lowest BCUT2D eigenvalue weighted by Crippen LogP contribution is -2.05. The van der Waals surface area contributed by atoms with Crippen molar-refractivity contribution in [2.24, 2.45) is 0 Å². The maximum Gasteiger partial charge on any atom is 0.155 e. The average molecular weight is 215 g/mol. The minimum absolute atomic E-state index is 0.338. The Morgan fingerprint density at radius 2 is 2.31 bits per heavy atom. The van der Waals surface area contributed by atoms with E-state index in [1.54, 1.807) is 18.3 Å². The predicted molar refractivity (Wildman–Crippen MR) is 57.2 cm³/mol. The Labute approximate surface area is 91.7 Å². The fraction of sp³-hybridized carbons (Fsp3) is 0.100. The largest absolute Gasteiger partial charge is 0.395 e. The summed E-state index contributed by atoms with van der Waals surface area (Å²) in [5.41, 5.74) is 6.48. The van der Waals surface area contributed by atoms with Crippen molar-refractivity contribution in [2.45, 2.75) is 6.54 Å². The van der Waals surface area contributed by atoms with E-state index in [1.807, 2.05) is 6.07 Å². The Hall–Kier alpha value is -2.55. The molecule has 16 heavy (non-hydrogen) atoms. The molecular formula is C10H9N5O. The lowest BCUT2D eigenvalue weighted by molar-refractivity contribution is 0.388. The third kappa shape index (κ3) is 1.93. The van der Waals surface area contributed by atoms with Gasteiger partial charge in [-0.3, -0.25) is 0 Å². The molecule has 0 aliphatic rings. The number of pyridine rings is 1. The van der Waals surface area contributed by atoms with E-state index in [2.05, 4.69) is 15.5 Å². The summed E-state index contributed by atoms with van der Waals surface area (Å²) in [5, 5.41) is 15.3. The molecule has 0 aromatic carbocycles. The summed E-state index contributed by atoms with van der Waals surface area (Å²) in [6.07, 6.45) is 3.08. The number of anilines is 2. The topological polar surface area (TPSA) is 101 Å². The molecule has 0 saturated heterocycles. The zero-order chi connectivity index (χ0) is 11.4. The first kappa shape index (κ1) is 9.98. The van der Waals surface area contributed by atoms with E-state index < -0.39 is 0 Å². The molecule has 0 aliphatic heterocycles. The van der Waals surface area contributed by atoms with Crippen molar-refractivity contribution >= 4 is 11.5 Å². The highest BCUT2D eigenvalue weighted by Gasteiger charge is 2.06. The fourth-order valence-corrected chi connectivity index (χ4v) is 1.22. The van der Waals surface area contributed by atoms with Gasteiger partial charge in [-0.25, -0.2) is 4.98 Å². The van der Waals surface area contributed by atoms with Gasteiger partial charge in [-0.1, -0.05) is 5.16 Å². The van der Waals surface area contributed by atoms with Crippen molar-refractivity contribution in [1.29, 1.82) is 5.26 Å². The summed E-state index contributed by atoms with van der Waals surface area (Å²) in [5.74, 6) is 1.14. The third-order valence-corrected chi connectivity index (χ3v) is 2.03. The maximum absolute atomic E-state index is 8.78. The lowest BCUT2D eigenvalue weighted by Gasteiger charge is -2.06. The normalized spacial score (nSPS) is 9.69. The molecule has 0 spiro atoms. The molecule has 6 heteroatoms. The summed E-state index contributed by atoms with van der Waals surface area (Å²) in [6.45, 7) is 0.423. The van der Waals surface area contributed by atoms with Crippen LogP contribution in [0.5, 0.6) is 0 Å². The van der Waals surface area contributed by atoms with Crippen LogP contribution in [0.25, 0.3) is 0 Å². The number of nitrogens with zero attached hydrogens (tertiary/aromatic N) is 3. The van der Waals surface area contributed by atoms with Crippen LogP contribution in [0.2, 0.25) is 0 Å². The van der Waals surface area contributed by atoms with Gasteiger partial charge in [0.25, 0.3) is 0 Å². The average Bonchev–Trinajstić information content (AvgIpc) is 2.81. The summed E-state index contributed by atoms with van der Waals surface area (Å²) in [7, 11) is 0. The van der Waals surface area contributed by atoms with Gasteiger partial charge in [0, 0.05) is 12.3 Å². The van der Waals surface area contributed by atoms with Crippen molar-refractivity contribution in [3.05, 3.63) is 35.9 Å². The van der Waals surface area contributed by atoms with Gasteiger partial charge in [0.1, 0.15) is 6.07 Å². The molecule has 0 atom stereocenters. The molecule has 0 radical (unpaired) electrons. The van der Waals surface area contributed by atoms with Gasteiger partial charge in [0.05, 0.1) is 24.0 Å². The van der Waals surface area contributed by atoms with Crippen LogP contribution in [-0.4, -0.2) is 10.1 Å². The van der Waals surface area contributed by atoms with Gasteiger partial charge in [-0.2, -0.15) is 5.26 Å². The van der Waals surface area contributed by atoms with Crippen LogP contribution in [-0.2, 0) is 6.54 Å². The summed E-state index contributed by atoms with van der Waals surface area (Å²) >= 11 is 0. The van der Waals surface area contributed by atoms with Crippen molar-refractivity contribution in [2.75, 3.05) is 11.1 Å². The zero-order valence-electron chi connectivity index (χ0n) is 8.34. The number of nitrogens with one attached hydrogen (secondary N) is 1. The standard InChI is InChI=1S/C10H9N5O/c11-5-7-1-3-13-10(9(7)12)14-6-8-2-4-15-16-8/h1-4H,6,12H2,(H,13,14). The molecule has 0 amide bonds. The van der Waals surface area contributed by atoms with Crippen molar-refractivity contribution in [3.8, 4) is 6.07 Å². The SMILES string of the molecule is N#Cc1ccnc(NCc2ccno2)c1N. The molecule has 3 N–H and O–H groups in total. The molecule has 0 bridgehead atoms. The smallest absolute Gasteiger partial charge is 0.155 e. The minimum Gasteiger partial charge on any atom is -0.395 e. The number of aromatic nitrogens is 2. The molecule has 2 rings (SSSR count). The second kappa shape index (κ2) is 4.31. The van der Waals surface area contributed by atoms with Gasteiger partial charge in [0.2, 0.25) is 0 Å². The Morgan fingerprint density at radius 3 is 3.00 bits per heavy atom. The Balaban J connectivity index is 2.13. The number of hydrogen-bond acceptors (Lipinski definition) is 6. The van der Waals surface area contributed by atoms with E-state index in [-0.39, 0.29) is 0 Å². The van der Waals surface area contributed by atoms with Crippen LogP contribution >= 0.6 is 0 Å². The Bertz CT molecular complexity index is 515. The second-order valence-corrected chi connectivity index (χ2v) is 3.06. The molecular weight excluding hydrogens is 206 g/mol. The Morgan fingerprint density at radius 1 is 1.44 bits per heavy atom. The van der Waals surface area contributed by atoms with Crippen LogP contribution in [0.1, 0.15) is 11.3 Å². The predicted octanol–water partition coefficient (Wildman–Crippen LogP) is 1.14. The quantitative estimate of drug-likeness (QED) is 0.796. The molecule has 2 aromatic rings. The first-order valence-electron chi connectivity index (χ1n) is 4.59. The summed E-state index contributed by atoms with van der Waals surface area (Å²) < 4.78 is 4.91. The highest BCUT2D eigenvalue weighted by molar-refractivity contribution is 5.68. The molecule has 2 heterocycles. The monoisotopic (exact) mass is 215 g/mol. The molecule has 80 valence electrons. The van der Waals surface area contributed by atoms with Crippen LogP contribution < -0.4 is 11.1 Å². The van der Waals surface area contributed by atoms with Crippen molar-refractivity contribution < 1.29 is 4.52 Å². The van der Waals surface area contributed by atoms with E-state index >= 15 is 0 Å². The van der Waals surface area contributed by atoms with Gasteiger partial charge >= 0.3 is 0 Å². The summed E-state index contributed by atoms with van der Waals surface area (Å²) in [4.78, 5) is 4.04. The van der Waals surface area contributed by atoms with E-state index in [9.17, 15) is 0 Å². The Kier molecular flexibility index (Phi) is 2.69. The van der Waals surface area contributed by atoms with E-state index in [0.717, 1.165) is 0 Å². The first-order valence-corrected chi connectivity index (χ1v) is 4.59. The maximum atomic E-state index is 8.78. The molecule has 0 fully saturated rings. The zero-order valence-corrected chi connectivity index (χ0v) is 8.34. The number of nitrogen functional groups attached to an aromatic ring is 1. The summed E-state index contributed by atoms with van der Waals surface area (Å²) in [6, 6.07) is 5.29. The second-order valence-electron chi connectivity index (χ2n) is 3.06. The minimum atomic E-state index is 0.338. The van der Waals surface area contributed by atoms with Gasteiger partial charge in [-0.05, 0) is 6.07 Å². The van der Waals surface area contributed by atoms with E-state index in [4.69, 9.17) is 15.5 Å². The van der Waals surface area contributed by atoms with Gasteiger partial charge in [0.15, 0.2) is 11.6 Å². The molecule has 2 aromatic heterocycles.